The Hall–Kier alpha value is -4.20. The summed E-state index contributed by atoms with van der Waals surface area (Å²) in [7, 11) is 0. The number of nitrogens with one attached hydrogen (secondary N) is 1. The predicted molar refractivity (Wildman–Crippen MR) is 102 cm³/mol. The number of aromatic carboxylic acids is 1. The molecule has 4 rings (SSSR count). The number of primary amides is 1. The van der Waals surface area contributed by atoms with Crippen LogP contribution in [0.3, 0.4) is 0 Å². The molecule has 2 aromatic carbocycles. The second kappa shape index (κ2) is 6.84. The zero-order valence-corrected chi connectivity index (χ0v) is 14.4. The summed E-state index contributed by atoms with van der Waals surface area (Å²) in [4.78, 5) is 31.6. The Balaban J connectivity index is 1.85. The Bertz CT molecular complexity index is 1200. The Labute approximate surface area is 158 Å². The molecule has 138 valence electrons. The fraction of sp³-hybridized carbons (Fsp3) is 0. The monoisotopic (exact) mass is 374 g/mol. The van der Waals surface area contributed by atoms with Crippen LogP contribution in [0.1, 0.15) is 20.7 Å². The molecule has 0 aliphatic rings. The molecular formula is C20H14N4O4. The Morgan fingerprint density at radius 2 is 1.96 bits per heavy atom. The minimum Gasteiger partial charge on any atom is -0.478 e. The maximum atomic E-state index is 11.9. The van der Waals surface area contributed by atoms with Crippen LogP contribution in [0.25, 0.3) is 22.4 Å². The number of fused-ring (bicyclic) bond motifs is 1. The molecular weight excluding hydrogens is 360 g/mol. The number of pyridine rings is 1. The van der Waals surface area contributed by atoms with Crippen LogP contribution in [0, 0.1) is 0 Å². The quantitative estimate of drug-likeness (QED) is 0.487. The molecule has 8 heteroatoms. The number of rotatable bonds is 5. The van der Waals surface area contributed by atoms with Crippen LogP contribution in [-0.4, -0.2) is 27.0 Å². The number of anilines is 2. The van der Waals surface area contributed by atoms with Gasteiger partial charge in [0.2, 0.25) is 5.89 Å². The van der Waals surface area contributed by atoms with Crippen molar-refractivity contribution in [2.45, 2.75) is 0 Å². The molecule has 0 atom stereocenters. The molecule has 4 N–H and O–H groups in total. The molecule has 0 aliphatic carbocycles. The van der Waals surface area contributed by atoms with Crippen molar-refractivity contribution in [3.63, 3.8) is 0 Å². The van der Waals surface area contributed by atoms with Gasteiger partial charge >= 0.3 is 5.97 Å². The van der Waals surface area contributed by atoms with E-state index in [1.54, 1.807) is 36.5 Å². The molecule has 8 nitrogen and oxygen atoms in total. The van der Waals surface area contributed by atoms with E-state index in [1.807, 2.05) is 0 Å². The van der Waals surface area contributed by atoms with Crippen LogP contribution in [0.15, 0.2) is 65.5 Å². The fourth-order valence-corrected chi connectivity index (χ4v) is 2.89. The Morgan fingerprint density at radius 3 is 2.68 bits per heavy atom. The third-order valence-corrected chi connectivity index (χ3v) is 4.19. The van der Waals surface area contributed by atoms with Crippen molar-refractivity contribution in [2.75, 3.05) is 5.32 Å². The maximum Gasteiger partial charge on any atom is 0.335 e. The van der Waals surface area contributed by atoms with Crippen molar-refractivity contribution in [2.24, 2.45) is 5.73 Å². The van der Waals surface area contributed by atoms with Crippen LogP contribution in [-0.2, 0) is 0 Å². The smallest absolute Gasteiger partial charge is 0.335 e. The average Bonchev–Trinajstić information content (AvgIpc) is 3.22. The average molecular weight is 374 g/mol. The van der Waals surface area contributed by atoms with Gasteiger partial charge in [0.25, 0.3) is 5.91 Å². The van der Waals surface area contributed by atoms with Gasteiger partial charge in [0.05, 0.1) is 28.5 Å². The summed E-state index contributed by atoms with van der Waals surface area (Å²) >= 11 is 0. The zero-order valence-electron chi connectivity index (χ0n) is 14.4. The topological polar surface area (TPSA) is 131 Å². The second-order valence-electron chi connectivity index (χ2n) is 5.99. The molecule has 0 bridgehead atoms. The van der Waals surface area contributed by atoms with Gasteiger partial charge < -0.3 is 20.6 Å². The van der Waals surface area contributed by atoms with E-state index in [0.717, 1.165) is 5.56 Å². The standard InChI is InChI=1S/C20H14N4O4/c21-18(25)15-10-23-16-9-11(19-22-6-7-28-19)4-5-14(16)17(15)24-13-3-1-2-12(8-13)20(26)27/h1-10H,(H2,21,25)(H,23,24)(H,26,27). The van der Waals surface area contributed by atoms with E-state index < -0.39 is 11.9 Å². The van der Waals surface area contributed by atoms with Crippen LogP contribution < -0.4 is 11.1 Å². The molecule has 4 aromatic rings. The van der Waals surface area contributed by atoms with Gasteiger partial charge in [-0.3, -0.25) is 9.78 Å². The van der Waals surface area contributed by atoms with E-state index in [1.165, 1.54) is 24.6 Å². The molecule has 28 heavy (non-hydrogen) atoms. The Morgan fingerprint density at radius 1 is 1.11 bits per heavy atom. The highest BCUT2D eigenvalue weighted by molar-refractivity contribution is 6.08. The summed E-state index contributed by atoms with van der Waals surface area (Å²) in [6, 6.07) is 11.6. The van der Waals surface area contributed by atoms with Gasteiger partial charge in [-0.1, -0.05) is 6.07 Å². The van der Waals surface area contributed by atoms with Gasteiger partial charge in [-0.05, 0) is 36.4 Å². The number of nitrogens with two attached hydrogens (primary N) is 1. The fourth-order valence-electron chi connectivity index (χ4n) is 2.89. The first-order chi connectivity index (χ1) is 13.5. The number of carboxylic acids is 1. The van der Waals surface area contributed by atoms with Crippen LogP contribution in [0.5, 0.6) is 0 Å². The van der Waals surface area contributed by atoms with Crippen molar-refractivity contribution in [3.8, 4) is 11.5 Å². The van der Waals surface area contributed by atoms with Gasteiger partial charge in [0.1, 0.15) is 6.26 Å². The SMILES string of the molecule is NC(=O)c1cnc2cc(-c3ncco3)ccc2c1Nc1cccc(C(=O)O)c1. The highest BCUT2D eigenvalue weighted by atomic mass is 16.4. The number of carboxylic acid groups (broad SMARTS) is 1. The normalized spacial score (nSPS) is 10.7. The van der Waals surface area contributed by atoms with Gasteiger partial charge in [-0.25, -0.2) is 9.78 Å². The molecule has 2 heterocycles. The lowest BCUT2D eigenvalue weighted by Crippen LogP contribution is -2.14. The van der Waals surface area contributed by atoms with E-state index in [-0.39, 0.29) is 11.1 Å². The maximum absolute atomic E-state index is 11.9. The predicted octanol–water partition coefficient (Wildman–Crippen LogP) is 3.43. The summed E-state index contributed by atoms with van der Waals surface area (Å²) in [6.45, 7) is 0. The van der Waals surface area contributed by atoms with Crippen LogP contribution >= 0.6 is 0 Å². The number of carbonyl (C=O) groups is 2. The van der Waals surface area contributed by atoms with E-state index >= 15 is 0 Å². The number of benzene rings is 2. The third-order valence-electron chi connectivity index (χ3n) is 4.19. The number of amides is 1. The highest BCUT2D eigenvalue weighted by Gasteiger charge is 2.15. The number of carbonyl (C=O) groups excluding carboxylic acids is 1. The zero-order chi connectivity index (χ0) is 19.7. The second-order valence-corrected chi connectivity index (χ2v) is 5.99. The third kappa shape index (κ3) is 3.14. The summed E-state index contributed by atoms with van der Waals surface area (Å²) < 4.78 is 5.31. The van der Waals surface area contributed by atoms with E-state index in [9.17, 15) is 14.7 Å². The lowest BCUT2D eigenvalue weighted by Gasteiger charge is -2.14. The van der Waals surface area contributed by atoms with E-state index in [4.69, 9.17) is 10.2 Å². The molecule has 0 saturated heterocycles. The first kappa shape index (κ1) is 17.2. The number of hydrogen-bond donors (Lipinski definition) is 3. The molecule has 0 aliphatic heterocycles. The minimum absolute atomic E-state index is 0.121. The van der Waals surface area contributed by atoms with Gasteiger partial charge in [0.15, 0.2) is 0 Å². The van der Waals surface area contributed by atoms with Gasteiger partial charge in [0, 0.05) is 22.8 Å². The lowest BCUT2D eigenvalue weighted by atomic mass is 10.1. The molecule has 0 saturated carbocycles. The molecule has 0 radical (unpaired) electrons. The van der Waals surface area contributed by atoms with Crippen LogP contribution in [0.4, 0.5) is 11.4 Å². The number of nitrogens with zero attached hydrogens (tertiary/aromatic N) is 2. The van der Waals surface area contributed by atoms with E-state index in [2.05, 4.69) is 15.3 Å². The van der Waals surface area contributed by atoms with Gasteiger partial charge in [-0.15, -0.1) is 0 Å². The first-order valence-electron chi connectivity index (χ1n) is 8.26. The van der Waals surface area contributed by atoms with Crippen molar-refractivity contribution in [1.29, 1.82) is 0 Å². The first-order valence-corrected chi connectivity index (χ1v) is 8.26. The minimum atomic E-state index is -1.05. The van der Waals surface area contributed by atoms with Crippen molar-refractivity contribution in [3.05, 3.63) is 72.2 Å². The largest absolute Gasteiger partial charge is 0.478 e. The summed E-state index contributed by atoms with van der Waals surface area (Å²) in [6.07, 6.45) is 4.41. The molecule has 0 unspecified atom stereocenters. The number of oxazole rings is 1. The molecule has 1 amide bonds. The lowest BCUT2D eigenvalue weighted by molar-refractivity contribution is 0.0696. The molecule has 0 fully saturated rings. The van der Waals surface area contributed by atoms with Crippen molar-refractivity contribution < 1.29 is 19.1 Å². The summed E-state index contributed by atoms with van der Waals surface area (Å²) in [5.41, 5.74) is 8.10. The van der Waals surface area contributed by atoms with Crippen LogP contribution in [0.2, 0.25) is 0 Å². The Kier molecular flexibility index (Phi) is 4.21. The molecule has 2 aromatic heterocycles. The summed E-state index contributed by atoms with van der Waals surface area (Å²) in [5, 5.41) is 12.9. The van der Waals surface area contributed by atoms with Crippen molar-refractivity contribution in [1.82, 2.24) is 9.97 Å². The highest BCUT2D eigenvalue weighted by Crippen LogP contribution is 2.31. The molecule has 0 spiro atoms. The number of hydrogen-bond acceptors (Lipinski definition) is 6. The van der Waals surface area contributed by atoms with Gasteiger partial charge in [-0.2, -0.15) is 0 Å². The van der Waals surface area contributed by atoms with Crippen molar-refractivity contribution >= 4 is 34.2 Å². The number of aromatic nitrogens is 2. The summed E-state index contributed by atoms with van der Waals surface area (Å²) in [5.74, 6) is -1.25. The van der Waals surface area contributed by atoms with E-state index in [0.29, 0.717) is 28.2 Å².